The molecule has 2 aliphatic rings. The van der Waals surface area contributed by atoms with Gasteiger partial charge in [-0.3, -0.25) is 9.88 Å². The molecule has 0 aliphatic carbocycles. The number of aromatic nitrogens is 2. The van der Waals surface area contributed by atoms with Crippen LogP contribution in [-0.2, 0) is 25.7 Å². The smallest absolute Gasteiger partial charge is 0.475 e. The molecule has 264 valence electrons. The van der Waals surface area contributed by atoms with Crippen LogP contribution in [0.4, 0.5) is 43.9 Å². The predicted octanol–water partition coefficient (Wildman–Crippen LogP) is 4.97. The Morgan fingerprint density at radius 2 is 1.40 bits per heavy atom. The van der Waals surface area contributed by atoms with Crippen molar-refractivity contribution >= 4 is 17.9 Å². The van der Waals surface area contributed by atoms with E-state index in [1.165, 1.54) is 11.6 Å². The lowest BCUT2D eigenvalue weighted by molar-refractivity contribution is -0.193. The number of pyridine rings is 2. The number of carbonyl (C=O) groups is 3. The molecule has 21 heteroatoms. The molecule has 0 aromatic carbocycles. The summed E-state index contributed by atoms with van der Waals surface area (Å²) in [5, 5.41) is 21.4. The van der Waals surface area contributed by atoms with Crippen molar-refractivity contribution in [2.45, 2.75) is 50.4 Å². The normalized spacial score (nSPS) is 19.6. The summed E-state index contributed by atoms with van der Waals surface area (Å²) in [5.41, 5.74) is 1.13. The fraction of sp³-hybridized carbons (Fsp3) is 0.500. The van der Waals surface area contributed by atoms with Crippen LogP contribution in [0.15, 0.2) is 42.9 Å². The molecule has 0 radical (unpaired) electrons. The molecule has 2 atom stereocenters. The van der Waals surface area contributed by atoms with Crippen LogP contribution in [0.3, 0.4) is 0 Å². The second kappa shape index (κ2) is 17.6. The number of aliphatic carboxylic acids is 3. The number of hydrogen-bond donors (Lipinski definition) is 3. The van der Waals surface area contributed by atoms with Crippen molar-refractivity contribution in [2.75, 3.05) is 26.3 Å². The Kier molecular flexibility index (Phi) is 15.3. The van der Waals surface area contributed by atoms with Crippen LogP contribution in [0.2, 0.25) is 0 Å². The molecule has 3 N–H and O–H groups in total. The van der Waals surface area contributed by atoms with Gasteiger partial charge in [-0.25, -0.2) is 23.8 Å². The molecule has 0 bridgehead atoms. The molecule has 4 rings (SSSR count). The molecular weight excluding hydrogens is 672 g/mol. The zero-order chi connectivity index (χ0) is 36.1. The van der Waals surface area contributed by atoms with E-state index in [-0.39, 0.29) is 17.4 Å². The maximum Gasteiger partial charge on any atom is 0.490 e. The molecular formula is C26H27F10N3O8. The number of rotatable bonds is 5. The van der Waals surface area contributed by atoms with Gasteiger partial charge >= 0.3 is 36.4 Å². The van der Waals surface area contributed by atoms with Gasteiger partial charge < -0.3 is 24.8 Å². The maximum absolute atomic E-state index is 13.9. The number of halogens is 10. The molecule has 2 saturated heterocycles. The molecule has 0 amide bonds. The van der Waals surface area contributed by atoms with Gasteiger partial charge in [0, 0.05) is 50.2 Å². The highest BCUT2D eigenvalue weighted by atomic mass is 19.4. The number of piperidine rings is 1. The van der Waals surface area contributed by atoms with Crippen LogP contribution in [0.5, 0.6) is 5.88 Å². The fourth-order valence-electron chi connectivity index (χ4n) is 4.16. The largest absolute Gasteiger partial charge is 0.490 e. The van der Waals surface area contributed by atoms with Gasteiger partial charge in [-0.1, -0.05) is 0 Å². The molecule has 11 nitrogen and oxygen atoms in total. The number of hydrogen-bond acceptors (Lipinski definition) is 8. The highest BCUT2D eigenvalue weighted by Gasteiger charge is 2.47. The van der Waals surface area contributed by atoms with E-state index in [2.05, 4.69) is 27.0 Å². The quantitative estimate of drug-likeness (QED) is 0.362. The van der Waals surface area contributed by atoms with Crippen molar-refractivity contribution in [2.24, 2.45) is 5.41 Å². The van der Waals surface area contributed by atoms with Crippen molar-refractivity contribution in [1.82, 2.24) is 14.9 Å². The van der Waals surface area contributed by atoms with Crippen LogP contribution >= 0.6 is 0 Å². The van der Waals surface area contributed by atoms with E-state index in [4.69, 9.17) is 39.2 Å². The van der Waals surface area contributed by atoms with Gasteiger partial charge in [-0.05, 0) is 49.1 Å². The van der Waals surface area contributed by atoms with Gasteiger partial charge in [0.2, 0.25) is 5.88 Å². The molecule has 0 spiro atoms. The third kappa shape index (κ3) is 14.8. The Balaban J connectivity index is 0.000000430. The van der Waals surface area contributed by atoms with E-state index in [0.29, 0.717) is 6.61 Å². The van der Waals surface area contributed by atoms with Crippen LogP contribution in [0.1, 0.15) is 24.8 Å². The summed E-state index contributed by atoms with van der Waals surface area (Å²) in [7, 11) is 0. The zero-order valence-corrected chi connectivity index (χ0v) is 23.8. The molecule has 2 aliphatic heterocycles. The standard InChI is InChI=1S/C20H24FN3O2.3C2HF3O2/c21-17-3-1-8-23-19(17)26-15-20-7-2-12-25-18(20)6-11-24(14-20)13-16-4-9-22-10-5-16;3*3-2(4,5)1(6)7/h1,3-5,8-10,18H,2,6-7,11-15H2;3*(H,6,7). The average Bonchev–Trinajstić information content (AvgIpc) is 2.97. The molecule has 47 heavy (non-hydrogen) atoms. The number of carboxylic acid groups (broad SMARTS) is 3. The van der Waals surface area contributed by atoms with Gasteiger partial charge in [-0.15, -0.1) is 0 Å². The number of carboxylic acids is 3. The molecule has 0 saturated carbocycles. The third-order valence-corrected chi connectivity index (χ3v) is 6.17. The van der Waals surface area contributed by atoms with E-state index in [0.717, 1.165) is 45.5 Å². The third-order valence-electron chi connectivity index (χ3n) is 6.17. The zero-order valence-electron chi connectivity index (χ0n) is 23.8. The van der Waals surface area contributed by atoms with Gasteiger partial charge in [0.1, 0.15) is 0 Å². The van der Waals surface area contributed by atoms with Gasteiger partial charge in [0.25, 0.3) is 0 Å². The number of nitrogens with zero attached hydrogens (tertiary/aromatic N) is 3. The predicted molar refractivity (Wildman–Crippen MR) is 136 cm³/mol. The van der Waals surface area contributed by atoms with Crippen molar-refractivity contribution in [1.29, 1.82) is 0 Å². The minimum Gasteiger partial charge on any atom is -0.475 e. The van der Waals surface area contributed by atoms with Crippen molar-refractivity contribution < 1.29 is 83.1 Å². The van der Waals surface area contributed by atoms with Crippen LogP contribution in [0, 0.1) is 11.2 Å². The van der Waals surface area contributed by atoms with Crippen molar-refractivity contribution in [3.05, 3.63) is 54.2 Å². The molecule has 4 heterocycles. The maximum atomic E-state index is 13.9. The summed E-state index contributed by atoms with van der Waals surface area (Å²) in [6.07, 6.45) is -6.87. The number of likely N-dealkylation sites (tertiary alicyclic amines) is 1. The average molecular weight is 699 g/mol. The molecule has 2 aromatic heterocycles. The minimum absolute atomic E-state index is 0.0810. The van der Waals surface area contributed by atoms with Gasteiger partial charge in [-0.2, -0.15) is 39.5 Å². The summed E-state index contributed by atoms with van der Waals surface area (Å²) < 4.78 is 121. The summed E-state index contributed by atoms with van der Waals surface area (Å²) >= 11 is 0. The van der Waals surface area contributed by atoms with Gasteiger partial charge in [0.05, 0.1) is 12.7 Å². The Bertz CT molecular complexity index is 1240. The highest BCUT2D eigenvalue weighted by Crippen LogP contribution is 2.41. The monoisotopic (exact) mass is 699 g/mol. The first-order valence-electron chi connectivity index (χ1n) is 12.9. The van der Waals surface area contributed by atoms with Crippen LogP contribution in [-0.4, -0.2) is 99.0 Å². The van der Waals surface area contributed by atoms with E-state index < -0.39 is 42.3 Å². The number of ether oxygens (including phenoxy) is 2. The molecule has 2 aromatic rings. The van der Waals surface area contributed by atoms with Crippen LogP contribution in [0.25, 0.3) is 0 Å². The summed E-state index contributed by atoms with van der Waals surface area (Å²) in [6, 6.07) is 7.06. The van der Waals surface area contributed by atoms with E-state index >= 15 is 0 Å². The first-order valence-corrected chi connectivity index (χ1v) is 12.9. The number of fused-ring (bicyclic) bond motifs is 1. The summed E-state index contributed by atoms with van der Waals surface area (Å²) in [5.74, 6) is -8.61. The topological polar surface area (TPSA) is 159 Å². The second-order valence-corrected chi connectivity index (χ2v) is 9.67. The number of alkyl halides is 9. The molecule has 2 fully saturated rings. The Morgan fingerprint density at radius 1 is 0.894 bits per heavy atom. The van der Waals surface area contributed by atoms with Gasteiger partial charge in [0.15, 0.2) is 5.82 Å². The van der Waals surface area contributed by atoms with Crippen molar-refractivity contribution in [3.8, 4) is 5.88 Å². The Labute approximate surface area is 258 Å². The highest BCUT2D eigenvalue weighted by molar-refractivity contribution is 5.73. The van der Waals surface area contributed by atoms with Crippen LogP contribution < -0.4 is 4.74 Å². The fourth-order valence-corrected chi connectivity index (χ4v) is 4.16. The SMILES string of the molecule is Fc1cccnc1OCC12CCCOC1CCN(Cc1ccncc1)C2.O=C(O)C(F)(F)F.O=C(O)C(F)(F)F.O=C(O)C(F)(F)F. The van der Waals surface area contributed by atoms with E-state index in [1.54, 1.807) is 12.3 Å². The summed E-state index contributed by atoms with van der Waals surface area (Å²) in [4.78, 5) is 37.2. The lowest BCUT2D eigenvalue weighted by atomic mass is 9.73. The molecule has 2 unspecified atom stereocenters. The second-order valence-electron chi connectivity index (χ2n) is 9.67. The first kappa shape index (κ1) is 40.8. The lowest BCUT2D eigenvalue weighted by Gasteiger charge is -2.50. The Morgan fingerprint density at radius 3 is 1.87 bits per heavy atom. The summed E-state index contributed by atoms with van der Waals surface area (Å²) in [6.45, 7) is 3.99. The first-order chi connectivity index (χ1) is 21.6. The lowest BCUT2D eigenvalue weighted by Crippen LogP contribution is -2.57. The van der Waals surface area contributed by atoms with Crippen molar-refractivity contribution in [3.63, 3.8) is 0 Å². The van der Waals surface area contributed by atoms with E-state index in [9.17, 15) is 43.9 Å². The Hall–Kier alpha value is -4.27. The van der Waals surface area contributed by atoms with E-state index in [1.807, 2.05) is 12.4 Å². The minimum atomic E-state index is -5.08.